The number of carbonyl (C=O) groups excluding carboxylic acids is 1. The van der Waals surface area contributed by atoms with Crippen molar-refractivity contribution in [2.24, 2.45) is 0 Å². The fraction of sp³-hybridized carbons (Fsp3) is 0.286. The highest BCUT2D eigenvalue weighted by molar-refractivity contribution is 5.95. The summed E-state index contributed by atoms with van der Waals surface area (Å²) in [7, 11) is 0. The Morgan fingerprint density at radius 3 is 2.55 bits per heavy atom. The molecule has 0 bridgehead atoms. The van der Waals surface area contributed by atoms with Crippen molar-refractivity contribution in [2.75, 3.05) is 6.61 Å². The molecule has 33 heavy (non-hydrogen) atoms. The Morgan fingerprint density at radius 2 is 1.73 bits per heavy atom. The molecule has 3 aromatic carbocycles. The van der Waals surface area contributed by atoms with E-state index < -0.39 is 0 Å². The van der Waals surface area contributed by atoms with Crippen LogP contribution in [0.5, 0.6) is 5.75 Å². The van der Waals surface area contributed by atoms with E-state index in [9.17, 15) is 4.79 Å². The minimum atomic E-state index is -0.0830. The molecular formula is C28H31N3O2. The predicted molar refractivity (Wildman–Crippen MR) is 133 cm³/mol. The second kappa shape index (κ2) is 10.3. The summed E-state index contributed by atoms with van der Waals surface area (Å²) in [5, 5.41) is 3.04. The van der Waals surface area contributed by atoms with Crippen molar-refractivity contribution in [3.8, 4) is 5.75 Å². The average molecular weight is 442 g/mol. The molecule has 170 valence electrons. The minimum Gasteiger partial charge on any atom is -0.493 e. The summed E-state index contributed by atoms with van der Waals surface area (Å²) in [4.78, 5) is 17.5. The highest BCUT2D eigenvalue weighted by Crippen LogP contribution is 2.26. The van der Waals surface area contributed by atoms with Crippen molar-refractivity contribution < 1.29 is 9.53 Å². The highest BCUT2D eigenvalue weighted by Gasteiger charge is 2.14. The van der Waals surface area contributed by atoms with Crippen molar-refractivity contribution in [2.45, 2.75) is 46.2 Å². The van der Waals surface area contributed by atoms with Gasteiger partial charge in [-0.25, -0.2) is 4.98 Å². The van der Waals surface area contributed by atoms with Crippen molar-refractivity contribution in [3.05, 3.63) is 95.3 Å². The average Bonchev–Trinajstić information content (AvgIpc) is 3.18. The molecule has 5 nitrogen and oxygen atoms in total. The molecule has 1 aromatic heterocycles. The van der Waals surface area contributed by atoms with Crippen LogP contribution in [-0.2, 0) is 13.1 Å². The van der Waals surface area contributed by atoms with Gasteiger partial charge in [0.1, 0.15) is 11.6 Å². The third kappa shape index (κ3) is 5.25. The third-order valence-electron chi connectivity index (χ3n) is 5.86. The van der Waals surface area contributed by atoms with E-state index in [2.05, 4.69) is 41.9 Å². The molecule has 0 saturated heterocycles. The van der Waals surface area contributed by atoms with Crippen LogP contribution in [0.3, 0.4) is 0 Å². The van der Waals surface area contributed by atoms with Crippen LogP contribution in [0.4, 0.5) is 0 Å². The summed E-state index contributed by atoms with van der Waals surface area (Å²) >= 11 is 0. The number of aryl methyl sites for hydroxylation is 2. The Labute approximate surface area is 195 Å². The minimum absolute atomic E-state index is 0.0830. The Morgan fingerprint density at radius 1 is 1.00 bits per heavy atom. The molecule has 4 rings (SSSR count). The van der Waals surface area contributed by atoms with Crippen LogP contribution in [0.25, 0.3) is 11.0 Å². The molecule has 0 saturated carbocycles. The summed E-state index contributed by atoms with van der Waals surface area (Å²) in [5.74, 6) is 2.14. The SMILES string of the molecule is Cc1ccccc1C(=O)NCc1nc2ccccc2n1CCCOc1ccccc1C(C)C. The maximum absolute atomic E-state index is 12.7. The third-order valence-corrected chi connectivity index (χ3v) is 5.86. The monoisotopic (exact) mass is 441 g/mol. The first-order chi connectivity index (χ1) is 16.0. The summed E-state index contributed by atoms with van der Waals surface area (Å²) in [6.07, 6.45) is 0.839. The molecule has 0 fully saturated rings. The maximum Gasteiger partial charge on any atom is 0.251 e. The quantitative estimate of drug-likeness (QED) is 0.331. The van der Waals surface area contributed by atoms with Crippen LogP contribution < -0.4 is 10.1 Å². The number of nitrogens with zero attached hydrogens (tertiary/aromatic N) is 2. The number of rotatable bonds is 9. The van der Waals surface area contributed by atoms with Gasteiger partial charge in [0.15, 0.2) is 0 Å². The Hall–Kier alpha value is -3.60. The first-order valence-electron chi connectivity index (χ1n) is 11.5. The normalized spacial score (nSPS) is 11.2. The lowest BCUT2D eigenvalue weighted by atomic mass is 10.0. The lowest BCUT2D eigenvalue weighted by Crippen LogP contribution is -2.25. The zero-order chi connectivity index (χ0) is 23.2. The molecule has 0 unspecified atom stereocenters. The molecule has 0 radical (unpaired) electrons. The lowest BCUT2D eigenvalue weighted by Gasteiger charge is -2.15. The largest absolute Gasteiger partial charge is 0.493 e. The van der Waals surface area contributed by atoms with Crippen LogP contribution in [0.15, 0.2) is 72.8 Å². The predicted octanol–water partition coefficient (Wildman–Crippen LogP) is 5.87. The van der Waals surface area contributed by atoms with E-state index in [1.165, 1.54) is 5.56 Å². The Kier molecular flexibility index (Phi) is 7.08. The summed E-state index contributed by atoms with van der Waals surface area (Å²) in [5.41, 5.74) is 4.88. The number of hydrogen-bond acceptors (Lipinski definition) is 3. The van der Waals surface area contributed by atoms with E-state index in [-0.39, 0.29) is 5.91 Å². The van der Waals surface area contributed by atoms with Crippen LogP contribution in [0.1, 0.15) is 53.5 Å². The van der Waals surface area contributed by atoms with Crippen molar-refractivity contribution in [1.29, 1.82) is 0 Å². The van der Waals surface area contributed by atoms with E-state index in [1.54, 1.807) is 0 Å². The molecule has 0 aliphatic rings. The lowest BCUT2D eigenvalue weighted by molar-refractivity contribution is 0.0949. The van der Waals surface area contributed by atoms with Crippen LogP contribution in [0.2, 0.25) is 0 Å². The maximum atomic E-state index is 12.7. The molecule has 0 spiro atoms. The van der Waals surface area contributed by atoms with Gasteiger partial charge in [0.05, 0.1) is 24.2 Å². The standard InChI is InChI=1S/C28H31N3O2/c1-20(2)22-12-6-9-16-26(22)33-18-10-17-31-25-15-8-7-14-24(25)30-27(31)19-29-28(32)23-13-5-4-11-21(23)3/h4-9,11-16,20H,10,17-19H2,1-3H3,(H,29,32). The number of fused-ring (bicyclic) bond motifs is 1. The van der Waals surface area contributed by atoms with Gasteiger partial charge in [-0.15, -0.1) is 0 Å². The number of benzene rings is 3. The van der Waals surface area contributed by atoms with E-state index in [0.717, 1.165) is 41.1 Å². The van der Waals surface area contributed by atoms with Crippen molar-refractivity contribution in [3.63, 3.8) is 0 Å². The van der Waals surface area contributed by atoms with Gasteiger partial charge in [-0.05, 0) is 54.7 Å². The molecule has 1 heterocycles. The van der Waals surface area contributed by atoms with Gasteiger partial charge in [-0.3, -0.25) is 4.79 Å². The van der Waals surface area contributed by atoms with E-state index in [0.29, 0.717) is 24.6 Å². The second-order valence-corrected chi connectivity index (χ2v) is 8.56. The molecule has 0 aliphatic carbocycles. The van der Waals surface area contributed by atoms with Crippen molar-refractivity contribution in [1.82, 2.24) is 14.9 Å². The molecule has 1 N–H and O–H groups in total. The molecule has 1 amide bonds. The summed E-state index contributed by atoms with van der Waals surface area (Å²) in [6.45, 7) is 8.06. The van der Waals surface area contributed by atoms with Crippen LogP contribution in [0, 0.1) is 6.92 Å². The van der Waals surface area contributed by atoms with Crippen LogP contribution in [-0.4, -0.2) is 22.1 Å². The topological polar surface area (TPSA) is 56.2 Å². The van der Waals surface area contributed by atoms with Gasteiger partial charge >= 0.3 is 0 Å². The zero-order valence-electron chi connectivity index (χ0n) is 19.5. The van der Waals surface area contributed by atoms with E-state index in [4.69, 9.17) is 9.72 Å². The fourth-order valence-electron chi connectivity index (χ4n) is 4.09. The van der Waals surface area contributed by atoms with E-state index >= 15 is 0 Å². The van der Waals surface area contributed by atoms with Gasteiger partial charge in [0.2, 0.25) is 0 Å². The molecule has 5 heteroatoms. The number of hydrogen-bond donors (Lipinski definition) is 1. The van der Waals surface area contributed by atoms with Crippen molar-refractivity contribution >= 4 is 16.9 Å². The number of para-hydroxylation sites is 3. The number of imidazole rings is 1. The number of amides is 1. The summed E-state index contributed by atoms with van der Waals surface area (Å²) < 4.78 is 8.30. The van der Waals surface area contributed by atoms with Crippen LogP contribution >= 0.6 is 0 Å². The Bertz CT molecular complexity index is 1240. The molecule has 0 aliphatic heterocycles. The van der Waals surface area contributed by atoms with Gasteiger partial charge in [-0.1, -0.05) is 62.4 Å². The van der Waals surface area contributed by atoms with Gasteiger partial charge in [0.25, 0.3) is 5.91 Å². The molecule has 4 aromatic rings. The number of carbonyl (C=O) groups is 1. The fourth-order valence-corrected chi connectivity index (χ4v) is 4.09. The smallest absolute Gasteiger partial charge is 0.251 e. The zero-order valence-corrected chi connectivity index (χ0v) is 19.5. The second-order valence-electron chi connectivity index (χ2n) is 8.56. The number of nitrogens with one attached hydrogen (secondary N) is 1. The van der Waals surface area contributed by atoms with Gasteiger partial charge < -0.3 is 14.6 Å². The van der Waals surface area contributed by atoms with E-state index in [1.807, 2.05) is 61.5 Å². The molecular weight excluding hydrogens is 410 g/mol. The first kappa shape index (κ1) is 22.6. The number of ether oxygens (including phenoxy) is 1. The van der Waals surface area contributed by atoms with Gasteiger partial charge in [0, 0.05) is 12.1 Å². The Balaban J connectivity index is 1.44. The van der Waals surface area contributed by atoms with Gasteiger partial charge in [-0.2, -0.15) is 0 Å². The summed E-state index contributed by atoms with van der Waals surface area (Å²) in [6, 6.07) is 23.9. The highest BCUT2D eigenvalue weighted by atomic mass is 16.5. The first-order valence-corrected chi connectivity index (χ1v) is 11.5. The molecule has 0 atom stereocenters. The number of aromatic nitrogens is 2.